The zero-order valence-corrected chi connectivity index (χ0v) is 7.30. The van der Waals surface area contributed by atoms with Gasteiger partial charge in [0.2, 0.25) is 0 Å². The summed E-state index contributed by atoms with van der Waals surface area (Å²) >= 11 is 7.14. The molecule has 0 fully saturated rings. The second kappa shape index (κ2) is 3.58. The van der Waals surface area contributed by atoms with E-state index >= 15 is 0 Å². The van der Waals surface area contributed by atoms with E-state index in [0.29, 0.717) is 0 Å². The van der Waals surface area contributed by atoms with Gasteiger partial charge < -0.3 is 0 Å². The maximum atomic E-state index is 5.60. The molecule has 5 heavy (non-hydrogen) atoms. The summed E-state index contributed by atoms with van der Waals surface area (Å²) < 4.78 is -0.312. The fourth-order valence-corrected chi connectivity index (χ4v) is 0. The summed E-state index contributed by atoms with van der Waals surface area (Å²) in [6, 6.07) is 1.21. The van der Waals surface area contributed by atoms with Gasteiger partial charge in [0.1, 0.15) is 0 Å². The van der Waals surface area contributed by atoms with Crippen LogP contribution in [-0.4, -0.2) is 4.74 Å². The molecule has 0 unspecified atom stereocenters. The summed E-state index contributed by atoms with van der Waals surface area (Å²) in [6.07, 6.45) is 0. The molecule has 0 atom stereocenters. The Bertz CT molecular complexity index is 44.9. The van der Waals surface area contributed by atoms with Crippen LogP contribution in [0.3, 0.4) is 0 Å². The van der Waals surface area contributed by atoms with Crippen molar-refractivity contribution in [2.45, 2.75) is 13.0 Å². The van der Waals surface area contributed by atoms with Gasteiger partial charge in [0.15, 0.2) is 0 Å². The van der Waals surface area contributed by atoms with Gasteiger partial charge in [-0.15, -0.1) is 0 Å². The van der Waals surface area contributed by atoms with E-state index in [1.165, 1.54) is 29.4 Å². The van der Waals surface area contributed by atoms with Crippen LogP contribution in [-0.2, 0) is 23.3 Å². The van der Waals surface area contributed by atoms with Crippen LogP contribution >= 0.6 is 11.1 Å². The van der Waals surface area contributed by atoms with Crippen LogP contribution in [0.25, 0.3) is 0 Å². The fraction of sp³-hybridized carbons (Fsp3) is 1.00. The second-order valence-electron chi connectivity index (χ2n) is 0.758. The Morgan fingerprint density at radius 1 is 2.00 bits per heavy atom. The number of rotatable bonds is 1. The van der Waals surface area contributed by atoms with Crippen LogP contribution in [0.4, 0.5) is 0 Å². The van der Waals surface area contributed by atoms with E-state index in [0.717, 1.165) is 0 Å². The molecule has 0 aromatic heterocycles. The molecule has 0 saturated carbocycles. The Kier molecular flexibility index (Phi) is 4.57. The molecule has 0 nitrogen and oxygen atoms in total. The van der Waals surface area contributed by atoms with E-state index in [2.05, 4.69) is 6.92 Å². The van der Waals surface area contributed by atoms with Gasteiger partial charge in [0.05, 0.1) is 0 Å². The van der Waals surface area contributed by atoms with Crippen LogP contribution in [0.2, 0.25) is 6.04 Å². The van der Waals surface area contributed by atoms with Gasteiger partial charge in [0.25, 0.3) is 0 Å². The Morgan fingerprint density at radius 3 is 2.20 bits per heavy atom. The zero-order valence-electron chi connectivity index (χ0n) is 3.09. The molecule has 0 N–H and O–H groups in total. The van der Waals surface area contributed by atoms with E-state index in [1.54, 1.807) is 0 Å². The molecule has 0 bridgehead atoms. The molecule has 3 heteroatoms. The first-order chi connectivity index (χ1) is 2.27. The quantitative estimate of drug-likeness (QED) is 0.425. The van der Waals surface area contributed by atoms with E-state index in [1.807, 2.05) is 0 Å². The molecule has 0 amide bonds. The van der Waals surface area contributed by atoms with Gasteiger partial charge in [-0.2, -0.15) is 0 Å². The molecule has 0 rings (SSSR count). The average molecular weight is 184 g/mol. The molecule has 0 aliphatic carbocycles. The van der Waals surface area contributed by atoms with Crippen molar-refractivity contribution in [1.82, 2.24) is 0 Å². The SMILES string of the molecule is CC[Si](Cl)=[Zr+2]. The minimum atomic E-state index is -0.312. The molecule has 0 saturated heterocycles. The Hall–Kier alpha value is 1.39. The fourth-order valence-electron chi connectivity index (χ4n) is 0. The topological polar surface area (TPSA) is 0 Å². The van der Waals surface area contributed by atoms with E-state index in [9.17, 15) is 0 Å². The molecular formula is C2H5ClSiZr+2. The summed E-state index contributed by atoms with van der Waals surface area (Å²) in [5, 5.41) is 0. The first-order valence-corrected chi connectivity index (χ1v) is 7.91. The Labute approximate surface area is 52.0 Å². The van der Waals surface area contributed by atoms with Crippen LogP contribution in [0.5, 0.6) is 0 Å². The summed E-state index contributed by atoms with van der Waals surface area (Å²) in [4.78, 5) is 0. The predicted molar refractivity (Wildman–Crippen MR) is 22.1 cm³/mol. The van der Waals surface area contributed by atoms with E-state index in [4.69, 9.17) is 11.1 Å². The maximum absolute atomic E-state index is 5.60. The van der Waals surface area contributed by atoms with Crippen molar-refractivity contribution in [1.29, 1.82) is 0 Å². The van der Waals surface area contributed by atoms with Gasteiger partial charge >= 0.3 is 52.1 Å². The molecule has 0 heterocycles. The normalized spacial score (nSPS) is 8.00. The van der Waals surface area contributed by atoms with Gasteiger partial charge in [-0.25, -0.2) is 0 Å². The summed E-state index contributed by atoms with van der Waals surface area (Å²) in [5.74, 6) is 0. The van der Waals surface area contributed by atoms with E-state index in [-0.39, 0.29) is 4.74 Å². The molecule has 0 aromatic carbocycles. The summed E-state index contributed by atoms with van der Waals surface area (Å²) in [6.45, 7) is 2.13. The molecule has 0 aliphatic heterocycles. The summed E-state index contributed by atoms with van der Waals surface area (Å²) in [5.41, 5.74) is 0. The van der Waals surface area contributed by atoms with E-state index < -0.39 is 0 Å². The molecule has 0 aliphatic rings. The van der Waals surface area contributed by atoms with Gasteiger partial charge in [-0.05, 0) is 0 Å². The number of hydrogen-bond acceptors (Lipinski definition) is 0. The minimum absolute atomic E-state index is 0.312. The Morgan fingerprint density at radius 2 is 2.20 bits per heavy atom. The van der Waals surface area contributed by atoms with Crippen molar-refractivity contribution in [3.63, 3.8) is 0 Å². The monoisotopic (exact) mass is 182 g/mol. The third kappa shape index (κ3) is 5.39. The first kappa shape index (κ1) is 6.39. The van der Waals surface area contributed by atoms with Gasteiger partial charge in [-0.1, -0.05) is 0 Å². The van der Waals surface area contributed by atoms with Crippen LogP contribution in [0.15, 0.2) is 0 Å². The predicted octanol–water partition coefficient (Wildman–Crippen LogP) is 1.28. The van der Waals surface area contributed by atoms with Crippen molar-refractivity contribution in [2.75, 3.05) is 0 Å². The second-order valence-corrected chi connectivity index (χ2v) is 10.4. The van der Waals surface area contributed by atoms with Crippen LogP contribution in [0.1, 0.15) is 6.92 Å². The summed E-state index contributed by atoms with van der Waals surface area (Å²) in [7, 11) is 0. The average Bonchev–Trinajstić information content (AvgIpc) is 1.38. The molecular weight excluding hydrogens is 179 g/mol. The molecule has 26 valence electrons. The molecule has 0 radical (unpaired) electrons. The third-order valence-corrected chi connectivity index (χ3v) is 4.34. The van der Waals surface area contributed by atoms with Crippen LogP contribution < -0.4 is 0 Å². The van der Waals surface area contributed by atoms with Crippen molar-refractivity contribution < 1.29 is 23.3 Å². The van der Waals surface area contributed by atoms with Crippen molar-refractivity contribution in [3.8, 4) is 0 Å². The standard InChI is InChI=1S/C2H5ClSi.Zr/c1-2-4-3;/h2H2,1H3;/q;+2. The number of hydrogen-bond donors (Lipinski definition) is 0. The van der Waals surface area contributed by atoms with Gasteiger partial charge in [-0.3, -0.25) is 0 Å². The van der Waals surface area contributed by atoms with Crippen molar-refractivity contribution in [2.24, 2.45) is 0 Å². The van der Waals surface area contributed by atoms with Crippen molar-refractivity contribution in [3.05, 3.63) is 0 Å². The third-order valence-electron chi connectivity index (χ3n) is 0.310. The van der Waals surface area contributed by atoms with Crippen LogP contribution in [0, 0.1) is 0 Å². The molecule has 0 spiro atoms. The molecule has 0 aromatic rings. The van der Waals surface area contributed by atoms with Crippen molar-refractivity contribution >= 4 is 15.8 Å². The number of halogens is 1. The zero-order chi connectivity index (χ0) is 4.28. The first-order valence-electron chi connectivity index (χ1n) is 1.50. The van der Waals surface area contributed by atoms with Gasteiger partial charge in [0, 0.05) is 0 Å². The Balaban J connectivity index is 2.85.